The van der Waals surface area contributed by atoms with Gasteiger partial charge in [0.2, 0.25) is 5.95 Å². The molecule has 0 bridgehead atoms. The fraction of sp³-hybridized carbons (Fsp3) is 0.545. The molecule has 6 nitrogen and oxygen atoms in total. The van der Waals surface area contributed by atoms with Crippen LogP contribution in [0.4, 0.5) is 10.7 Å². The molecule has 1 heterocycles. The van der Waals surface area contributed by atoms with Crippen LogP contribution >= 0.6 is 15.9 Å². The maximum absolute atomic E-state index is 10.5. The van der Waals surface area contributed by atoms with E-state index in [4.69, 9.17) is 5.11 Å². The van der Waals surface area contributed by atoms with Crippen LogP contribution in [-0.2, 0) is 0 Å². The van der Waals surface area contributed by atoms with Gasteiger partial charge in [-0.05, 0) is 41.6 Å². The van der Waals surface area contributed by atoms with E-state index in [-0.39, 0.29) is 6.04 Å². The molecule has 1 fully saturated rings. The Balaban J connectivity index is 1.79. The minimum absolute atomic E-state index is 0.0754. The quantitative estimate of drug-likeness (QED) is 0.796. The third kappa shape index (κ3) is 3.83. The SMILES string of the molecule is O=C(O)NC1CCC(Nc2ncc(Br)cn2)CC1. The number of hydrogen-bond donors (Lipinski definition) is 3. The van der Waals surface area contributed by atoms with E-state index in [1.807, 2.05) is 0 Å². The van der Waals surface area contributed by atoms with Gasteiger partial charge in [-0.2, -0.15) is 0 Å². The molecule has 0 aliphatic heterocycles. The number of amides is 1. The van der Waals surface area contributed by atoms with E-state index in [1.54, 1.807) is 12.4 Å². The molecule has 0 radical (unpaired) electrons. The molecule has 7 heteroatoms. The van der Waals surface area contributed by atoms with Crippen LogP contribution in [0, 0.1) is 0 Å². The average Bonchev–Trinajstić information content (AvgIpc) is 2.34. The topological polar surface area (TPSA) is 87.1 Å². The lowest BCUT2D eigenvalue weighted by Gasteiger charge is -2.28. The van der Waals surface area contributed by atoms with E-state index in [0.717, 1.165) is 30.2 Å². The molecule has 0 spiro atoms. The second-order valence-corrected chi connectivity index (χ2v) is 5.28. The predicted octanol–water partition coefficient (Wildman–Crippen LogP) is 2.23. The van der Waals surface area contributed by atoms with Crippen LogP contribution in [0.2, 0.25) is 0 Å². The molecule has 2 rings (SSSR count). The summed E-state index contributed by atoms with van der Waals surface area (Å²) >= 11 is 3.28. The zero-order valence-electron chi connectivity index (χ0n) is 9.77. The number of rotatable bonds is 3. The number of nitrogens with one attached hydrogen (secondary N) is 2. The van der Waals surface area contributed by atoms with Gasteiger partial charge in [-0.25, -0.2) is 14.8 Å². The van der Waals surface area contributed by atoms with Crippen LogP contribution in [0.15, 0.2) is 16.9 Å². The lowest BCUT2D eigenvalue weighted by Crippen LogP contribution is -2.39. The van der Waals surface area contributed by atoms with Crippen LogP contribution in [0.3, 0.4) is 0 Å². The number of nitrogens with zero attached hydrogens (tertiary/aromatic N) is 2. The highest BCUT2D eigenvalue weighted by molar-refractivity contribution is 9.10. The summed E-state index contributed by atoms with van der Waals surface area (Å²) in [6.07, 6.45) is 6.00. The Labute approximate surface area is 113 Å². The molecule has 1 aromatic rings. The van der Waals surface area contributed by atoms with Crippen LogP contribution in [-0.4, -0.2) is 33.3 Å². The van der Waals surface area contributed by atoms with Gasteiger partial charge in [-0.15, -0.1) is 0 Å². The van der Waals surface area contributed by atoms with Crippen molar-refractivity contribution in [3.63, 3.8) is 0 Å². The maximum Gasteiger partial charge on any atom is 0.404 e. The van der Waals surface area contributed by atoms with Crippen molar-refractivity contribution in [2.45, 2.75) is 37.8 Å². The summed E-state index contributed by atoms with van der Waals surface area (Å²) in [6.45, 7) is 0. The molecule has 0 aromatic carbocycles. The van der Waals surface area contributed by atoms with Gasteiger partial charge in [0.05, 0.1) is 4.47 Å². The molecule has 1 amide bonds. The second-order valence-electron chi connectivity index (χ2n) is 4.37. The third-order valence-corrected chi connectivity index (χ3v) is 3.42. The van der Waals surface area contributed by atoms with Crippen molar-refractivity contribution in [3.05, 3.63) is 16.9 Å². The minimum atomic E-state index is -0.942. The van der Waals surface area contributed by atoms with E-state index in [0.29, 0.717) is 12.0 Å². The van der Waals surface area contributed by atoms with Gasteiger partial charge in [-0.3, -0.25) is 0 Å². The Kier molecular flexibility index (Phi) is 4.35. The van der Waals surface area contributed by atoms with Gasteiger partial charge < -0.3 is 15.7 Å². The summed E-state index contributed by atoms with van der Waals surface area (Å²) in [5.74, 6) is 0.618. The molecule has 0 atom stereocenters. The van der Waals surface area contributed by atoms with Crippen molar-refractivity contribution >= 4 is 28.0 Å². The van der Waals surface area contributed by atoms with Crippen molar-refractivity contribution in [2.75, 3.05) is 5.32 Å². The van der Waals surface area contributed by atoms with E-state index in [9.17, 15) is 4.79 Å². The van der Waals surface area contributed by atoms with Crippen LogP contribution in [0.25, 0.3) is 0 Å². The Hall–Kier alpha value is -1.37. The zero-order chi connectivity index (χ0) is 13.0. The Morgan fingerprint density at radius 1 is 1.22 bits per heavy atom. The first kappa shape index (κ1) is 13.1. The Morgan fingerprint density at radius 3 is 2.33 bits per heavy atom. The largest absolute Gasteiger partial charge is 0.465 e. The van der Waals surface area contributed by atoms with E-state index in [1.165, 1.54) is 0 Å². The summed E-state index contributed by atoms with van der Waals surface area (Å²) in [5, 5.41) is 14.4. The summed E-state index contributed by atoms with van der Waals surface area (Å²) in [7, 11) is 0. The predicted molar refractivity (Wildman–Crippen MR) is 70.6 cm³/mol. The number of carboxylic acid groups (broad SMARTS) is 1. The summed E-state index contributed by atoms with van der Waals surface area (Å²) in [5.41, 5.74) is 0. The molecule has 0 saturated heterocycles. The highest BCUT2D eigenvalue weighted by Gasteiger charge is 2.22. The first-order valence-corrected chi connectivity index (χ1v) is 6.66. The van der Waals surface area contributed by atoms with Crippen molar-refractivity contribution in [1.29, 1.82) is 0 Å². The van der Waals surface area contributed by atoms with Crippen LogP contribution < -0.4 is 10.6 Å². The summed E-state index contributed by atoms with van der Waals surface area (Å²) < 4.78 is 0.849. The van der Waals surface area contributed by atoms with Crippen LogP contribution in [0.5, 0.6) is 0 Å². The second kappa shape index (κ2) is 5.99. The normalized spacial score (nSPS) is 23.4. The molecule has 1 aromatic heterocycles. The Bertz CT molecular complexity index is 404. The molecule has 1 aliphatic carbocycles. The third-order valence-electron chi connectivity index (χ3n) is 3.01. The van der Waals surface area contributed by atoms with Gasteiger partial charge in [-0.1, -0.05) is 0 Å². The van der Waals surface area contributed by atoms with Gasteiger partial charge >= 0.3 is 6.09 Å². The number of aromatic nitrogens is 2. The van der Waals surface area contributed by atoms with E-state index in [2.05, 4.69) is 36.5 Å². The van der Waals surface area contributed by atoms with Crippen molar-refractivity contribution < 1.29 is 9.90 Å². The van der Waals surface area contributed by atoms with Crippen molar-refractivity contribution in [2.24, 2.45) is 0 Å². The van der Waals surface area contributed by atoms with Gasteiger partial charge in [0.25, 0.3) is 0 Å². The average molecular weight is 315 g/mol. The molecule has 98 valence electrons. The standard InChI is InChI=1S/C11H15BrN4O2/c12-7-5-13-10(14-6-7)15-8-1-3-9(4-2-8)16-11(17)18/h5-6,8-9,16H,1-4H2,(H,17,18)(H,13,14,15). The van der Waals surface area contributed by atoms with Gasteiger partial charge in [0, 0.05) is 24.5 Å². The highest BCUT2D eigenvalue weighted by atomic mass is 79.9. The lowest BCUT2D eigenvalue weighted by molar-refractivity contribution is 0.185. The van der Waals surface area contributed by atoms with Gasteiger partial charge in [0.1, 0.15) is 0 Å². The van der Waals surface area contributed by atoms with Crippen LogP contribution in [0.1, 0.15) is 25.7 Å². The molecule has 18 heavy (non-hydrogen) atoms. The fourth-order valence-corrected chi connectivity index (χ4v) is 2.33. The van der Waals surface area contributed by atoms with E-state index < -0.39 is 6.09 Å². The number of anilines is 1. The molecular formula is C11H15BrN4O2. The van der Waals surface area contributed by atoms with E-state index >= 15 is 0 Å². The number of hydrogen-bond acceptors (Lipinski definition) is 4. The first-order valence-electron chi connectivity index (χ1n) is 5.87. The lowest BCUT2D eigenvalue weighted by atomic mass is 9.91. The first-order chi connectivity index (χ1) is 8.63. The highest BCUT2D eigenvalue weighted by Crippen LogP contribution is 2.21. The molecule has 1 aliphatic rings. The summed E-state index contributed by atoms with van der Waals surface area (Å²) in [4.78, 5) is 18.8. The Morgan fingerprint density at radius 2 is 1.78 bits per heavy atom. The molecular weight excluding hydrogens is 300 g/mol. The van der Waals surface area contributed by atoms with Gasteiger partial charge in [0.15, 0.2) is 0 Å². The molecule has 1 saturated carbocycles. The molecule has 0 unspecified atom stereocenters. The molecule has 3 N–H and O–H groups in total. The number of halogens is 1. The summed E-state index contributed by atoms with van der Waals surface area (Å²) in [6, 6.07) is 0.393. The monoisotopic (exact) mass is 314 g/mol. The smallest absolute Gasteiger partial charge is 0.404 e. The minimum Gasteiger partial charge on any atom is -0.465 e. The number of carbonyl (C=O) groups is 1. The van der Waals surface area contributed by atoms with Crippen molar-refractivity contribution in [3.8, 4) is 0 Å². The maximum atomic E-state index is 10.5. The fourth-order valence-electron chi connectivity index (χ4n) is 2.13. The van der Waals surface area contributed by atoms with Crippen molar-refractivity contribution in [1.82, 2.24) is 15.3 Å². The zero-order valence-corrected chi connectivity index (χ0v) is 11.4.